The number of sulfonamides is 1. The Balaban J connectivity index is 1.90. The molecule has 10 heteroatoms. The van der Waals surface area contributed by atoms with E-state index in [1.807, 2.05) is 0 Å². The zero-order valence-electron chi connectivity index (χ0n) is 16.6. The predicted molar refractivity (Wildman–Crippen MR) is 111 cm³/mol. The Morgan fingerprint density at radius 3 is 2.76 bits per heavy atom. The highest BCUT2D eigenvalue weighted by Gasteiger charge is 2.31. The van der Waals surface area contributed by atoms with E-state index in [9.17, 15) is 13.2 Å². The lowest BCUT2D eigenvalue weighted by molar-refractivity contribution is -0.129. The summed E-state index contributed by atoms with van der Waals surface area (Å²) in [5.74, 6) is 1.08. The summed E-state index contributed by atoms with van der Waals surface area (Å²) in [7, 11) is -0.501. The van der Waals surface area contributed by atoms with Crippen LogP contribution < -0.4 is 5.32 Å². The lowest BCUT2D eigenvalue weighted by Gasteiger charge is -2.23. The van der Waals surface area contributed by atoms with Crippen molar-refractivity contribution < 1.29 is 13.2 Å². The molecule has 1 aromatic carbocycles. The van der Waals surface area contributed by atoms with Gasteiger partial charge in [-0.25, -0.2) is 18.4 Å². The number of nitrogens with one attached hydrogen (secondary N) is 1. The molecule has 2 aromatic rings. The number of carbonyl (C=O) groups excluding carboxylic acids is 1. The highest BCUT2D eigenvalue weighted by Crippen LogP contribution is 2.31. The molecule has 1 fully saturated rings. The van der Waals surface area contributed by atoms with Crippen LogP contribution >= 0.6 is 11.6 Å². The van der Waals surface area contributed by atoms with Gasteiger partial charge in [-0.15, -0.1) is 0 Å². The summed E-state index contributed by atoms with van der Waals surface area (Å²) in [5.41, 5.74) is 0.544. The number of aromatic nitrogens is 2. The Morgan fingerprint density at radius 1 is 1.34 bits per heavy atom. The first-order valence-electron chi connectivity index (χ1n) is 9.27. The second-order valence-corrected chi connectivity index (χ2v) is 9.42. The van der Waals surface area contributed by atoms with E-state index in [-0.39, 0.29) is 23.4 Å². The van der Waals surface area contributed by atoms with Crippen molar-refractivity contribution in [3.63, 3.8) is 0 Å². The Morgan fingerprint density at radius 2 is 2.10 bits per heavy atom. The minimum absolute atomic E-state index is 0.0202. The van der Waals surface area contributed by atoms with Gasteiger partial charge in [-0.1, -0.05) is 17.7 Å². The van der Waals surface area contributed by atoms with Crippen LogP contribution in [-0.4, -0.2) is 54.1 Å². The molecule has 2 heterocycles. The summed E-state index contributed by atoms with van der Waals surface area (Å²) in [6.45, 7) is 2.27. The molecule has 0 unspecified atom stereocenters. The van der Waals surface area contributed by atoms with Gasteiger partial charge in [-0.05, 0) is 31.0 Å². The number of amides is 1. The van der Waals surface area contributed by atoms with Crippen LogP contribution in [0.15, 0.2) is 35.2 Å². The third-order valence-corrected chi connectivity index (χ3v) is 6.93. The van der Waals surface area contributed by atoms with E-state index in [4.69, 9.17) is 11.6 Å². The Bertz CT molecular complexity index is 1010. The first kappa shape index (κ1) is 21.5. The fourth-order valence-electron chi connectivity index (χ4n) is 3.41. The van der Waals surface area contributed by atoms with Crippen LogP contribution in [-0.2, 0) is 21.4 Å². The molecule has 0 bridgehead atoms. The number of rotatable bonds is 6. The number of carbonyl (C=O) groups is 1. The van der Waals surface area contributed by atoms with E-state index in [0.717, 1.165) is 12.8 Å². The zero-order valence-corrected chi connectivity index (χ0v) is 18.2. The molecule has 1 saturated heterocycles. The maximum atomic E-state index is 12.9. The van der Waals surface area contributed by atoms with Crippen molar-refractivity contribution in [1.29, 1.82) is 0 Å². The summed E-state index contributed by atoms with van der Waals surface area (Å²) >= 11 is 5.94. The van der Waals surface area contributed by atoms with Crippen molar-refractivity contribution >= 4 is 33.3 Å². The predicted octanol–water partition coefficient (Wildman–Crippen LogP) is 2.68. The van der Waals surface area contributed by atoms with E-state index in [1.54, 1.807) is 30.1 Å². The van der Waals surface area contributed by atoms with Gasteiger partial charge < -0.3 is 10.2 Å². The number of hydrogen-bond donors (Lipinski definition) is 1. The van der Waals surface area contributed by atoms with Gasteiger partial charge >= 0.3 is 0 Å². The molecule has 0 aliphatic carbocycles. The normalized spacial score (nSPS) is 17.0. The minimum Gasteiger partial charge on any atom is -0.373 e. The number of anilines is 1. The Hall–Kier alpha value is -2.23. The van der Waals surface area contributed by atoms with Crippen molar-refractivity contribution in [3.05, 3.63) is 46.9 Å². The summed E-state index contributed by atoms with van der Waals surface area (Å²) in [5, 5.41) is 3.34. The second-order valence-electron chi connectivity index (χ2n) is 6.94. The van der Waals surface area contributed by atoms with Crippen LogP contribution in [0.1, 0.15) is 37.3 Å². The average molecular weight is 438 g/mol. The van der Waals surface area contributed by atoms with Crippen LogP contribution in [0.3, 0.4) is 0 Å². The molecule has 1 N–H and O–H groups in total. The largest absolute Gasteiger partial charge is 0.373 e. The van der Waals surface area contributed by atoms with Crippen molar-refractivity contribution in [2.75, 3.05) is 26.0 Å². The van der Waals surface area contributed by atoms with Gasteiger partial charge in [-0.3, -0.25) is 4.79 Å². The number of halogens is 1. The van der Waals surface area contributed by atoms with E-state index >= 15 is 0 Å². The van der Waals surface area contributed by atoms with Crippen LogP contribution in [0.25, 0.3) is 0 Å². The monoisotopic (exact) mass is 437 g/mol. The Labute approximate surface area is 176 Å². The molecule has 0 radical (unpaired) electrons. The molecule has 3 rings (SSSR count). The first-order valence-corrected chi connectivity index (χ1v) is 11.1. The van der Waals surface area contributed by atoms with Crippen molar-refractivity contribution in [2.45, 2.75) is 37.2 Å². The van der Waals surface area contributed by atoms with Crippen LogP contribution in [0, 0.1) is 0 Å². The van der Waals surface area contributed by atoms with Gasteiger partial charge in [0.1, 0.15) is 5.82 Å². The van der Waals surface area contributed by atoms with Crippen LogP contribution in [0.2, 0.25) is 5.02 Å². The summed E-state index contributed by atoms with van der Waals surface area (Å²) in [4.78, 5) is 22.9. The van der Waals surface area contributed by atoms with Gasteiger partial charge in [0, 0.05) is 38.7 Å². The smallest absolute Gasteiger partial charge is 0.243 e. The molecule has 0 saturated carbocycles. The lowest BCUT2D eigenvalue weighted by Crippen LogP contribution is -2.30. The van der Waals surface area contributed by atoms with Crippen LogP contribution in [0.5, 0.6) is 0 Å². The molecule has 8 nitrogen and oxygen atoms in total. The highest BCUT2D eigenvalue weighted by atomic mass is 35.5. The second kappa shape index (κ2) is 8.64. The maximum absolute atomic E-state index is 12.9. The van der Waals surface area contributed by atoms with Crippen molar-refractivity contribution in [3.8, 4) is 0 Å². The molecule has 1 aromatic heterocycles. The number of likely N-dealkylation sites (tertiary alicyclic amines) is 1. The van der Waals surface area contributed by atoms with Crippen LogP contribution in [0.4, 0.5) is 5.82 Å². The molecule has 1 atom stereocenters. The summed E-state index contributed by atoms with van der Waals surface area (Å²) in [6, 6.07) is 7.65. The quantitative estimate of drug-likeness (QED) is 0.746. The SMILES string of the molecule is CNc1cc(CN(C)S(=O)(=O)c2cccc(Cl)c2)nc([C@H]2CCCN2C(C)=O)n1. The fourth-order valence-corrected chi connectivity index (χ4v) is 4.85. The van der Waals surface area contributed by atoms with E-state index in [2.05, 4.69) is 15.3 Å². The third-order valence-electron chi connectivity index (χ3n) is 4.90. The van der Waals surface area contributed by atoms with Crippen molar-refractivity contribution in [1.82, 2.24) is 19.2 Å². The van der Waals surface area contributed by atoms with Crippen molar-refractivity contribution in [2.24, 2.45) is 0 Å². The van der Waals surface area contributed by atoms with Gasteiger partial charge in [-0.2, -0.15) is 4.31 Å². The number of nitrogens with zero attached hydrogens (tertiary/aromatic N) is 4. The van der Waals surface area contributed by atoms with Gasteiger partial charge in [0.25, 0.3) is 0 Å². The molecule has 156 valence electrons. The maximum Gasteiger partial charge on any atom is 0.243 e. The highest BCUT2D eigenvalue weighted by molar-refractivity contribution is 7.89. The number of benzene rings is 1. The van der Waals surface area contributed by atoms with Gasteiger partial charge in [0.15, 0.2) is 5.82 Å². The summed E-state index contributed by atoms with van der Waals surface area (Å²) in [6.07, 6.45) is 1.67. The van der Waals surface area contributed by atoms with Gasteiger partial charge in [0.2, 0.25) is 15.9 Å². The van der Waals surface area contributed by atoms with Gasteiger partial charge in [0.05, 0.1) is 23.2 Å². The molecular weight excluding hydrogens is 414 g/mol. The van der Waals surface area contributed by atoms with E-state index in [1.165, 1.54) is 30.4 Å². The minimum atomic E-state index is -3.73. The first-order chi connectivity index (χ1) is 13.7. The molecule has 29 heavy (non-hydrogen) atoms. The standard InChI is InChI=1S/C19H24ClN5O3S/c1-13(26)25-9-5-8-17(25)19-22-15(11-18(21-2)23-19)12-24(3)29(27,28)16-7-4-6-14(20)10-16/h4,6-7,10-11,17H,5,8-9,12H2,1-3H3,(H,21,22,23)/t17-/m1/s1. The zero-order chi connectivity index (χ0) is 21.2. The summed E-state index contributed by atoms with van der Waals surface area (Å²) < 4.78 is 27.0. The lowest BCUT2D eigenvalue weighted by atomic mass is 10.2. The fraction of sp³-hybridized carbons (Fsp3) is 0.421. The van der Waals surface area contributed by atoms with E-state index in [0.29, 0.717) is 28.9 Å². The molecule has 1 aliphatic heterocycles. The molecule has 0 spiro atoms. The number of hydrogen-bond acceptors (Lipinski definition) is 6. The molecule has 1 aliphatic rings. The third kappa shape index (κ3) is 4.68. The average Bonchev–Trinajstić information content (AvgIpc) is 3.18. The molecule has 1 amide bonds. The topological polar surface area (TPSA) is 95.5 Å². The van der Waals surface area contributed by atoms with E-state index < -0.39 is 10.0 Å². The molecular formula is C19H24ClN5O3S. The Kier molecular flexibility index (Phi) is 6.40.